The van der Waals surface area contributed by atoms with Crippen molar-refractivity contribution in [1.82, 2.24) is 15.1 Å². The first-order valence-electron chi connectivity index (χ1n) is 5.72. The van der Waals surface area contributed by atoms with Crippen LogP contribution < -0.4 is 5.32 Å². The highest BCUT2D eigenvalue weighted by Gasteiger charge is 2.26. The number of likely N-dealkylation sites (tertiary alicyclic amines) is 1. The minimum absolute atomic E-state index is 0.180. The Morgan fingerprint density at radius 3 is 2.73 bits per heavy atom. The van der Waals surface area contributed by atoms with Crippen LogP contribution in [-0.4, -0.2) is 61.5 Å². The van der Waals surface area contributed by atoms with Crippen molar-refractivity contribution >= 4 is 5.91 Å². The number of amides is 1. The summed E-state index contributed by atoms with van der Waals surface area (Å²) in [6, 6.07) is 1.10. The summed E-state index contributed by atoms with van der Waals surface area (Å²) in [5, 5.41) is 3.32. The number of likely N-dealkylation sites (N-methyl/N-ethyl adjacent to an activating group) is 2. The molecule has 1 rings (SSSR count). The van der Waals surface area contributed by atoms with E-state index in [1.165, 1.54) is 0 Å². The van der Waals surface area contributed by atoms with Crippen molar-refractivity contribution in [2.45, 2.75) is 32.4 Å². The van der Waals surface area contributed by atoms with Crippen molar-refractivity contribution in [2.75, 3.05) is 33.7 Å². The first-order chi connectivity index (χ1) is 7.04. The first-order valence-corrected chi connectivity index (χ1v) is 5.72. The molecule has 4 heteroatoms. The zero-order valence-corrected chi connectivity index (χ0v) is 10.3. The topological polar surface area (TPSA) is 35.6 Å². The van der Waals surface area contributed by atoms with Crippen molar-refractivity contribution in [1.29, 1.82) is 0 Å². The van der Waals surface area contributed by atoms with Gasteiger partial charge in [0.25, 0.3) is 0 Å². The van der Waals surface area contributed by atoms with Crippen LogP contribution in [0.25, 0.3) is 0 Å². The first kappa shape index (κ1) is 12.5. The normalized spacial score (nSPS) is 26.9. The molecule has 0 aromatic rings. The average molecular weight is 213 g/mol. The molecule has 0 spiro atoms. The maximum atomic E-state index is 11.5. The standard InChI is InChI=1S/C11H23N3O/c1-5-13(3)11(15)7-12-10-6-9(2)14(4)8-10/h9-10,12H,5-8H2,1-4H3. The Kier molecular flexibility index (Phi) is 4.54. The van der Waals surface area contributed by atoms with Crippen LogP contribution in [0.15, 0.2) is 0 Å². The molecule has 0 bridgehead atoms. The van der Waals surface area contributed by atoms with Crippen LogP contribution in [0.4, 0.5) is 0 Å². The third kappa shape index (κ3) is 3.47. The largest absolute Gasteiger partial charge is 0.345 e. The molecule has 1 heterocycles. The molecule has 88 valence electrons. The Bertz CT molecular complexity index is 210. The molecule has 1 amide bonds. The van der Waals surface area contributed by atoms with Gasteiger partial charge in [0.2, 0.25) is 5.91 Å². The summed E-state index contributed by atoms with van der Waals surface area (Å²) in [4.78, 5) is 15.6. The van der Waals surface area contributed by atoms with E-state index in [0.717, 1.165) is 19.5 Å². The second kappa shape index (κ2) is 5.47. The van der Waals surface area contributed by atoms with Crippen molar-refractivity contribution in [2.24, 2.45) is 0 Å². The highest BCUT2D eigenvalue weighted by Crippen LogP contribution is 2.14. The Morgan fingerprint density at radius 2 is 2.27 bits per heavy atom. The van der Waals surface area contributed by atoms with Gasteiger partial charge in [0, 0.05) is 32.2 Å². The van der Waals surface area contributed by atoms with Gasteiger partial charge in [-0.25, -0.2) is 0 Å². The molecule has 15 heavy (non-hydrogen) atoms. The molecule has 1 aliphatic rings. The Labute approximate surface area is 92.6 Å². The number of hydrogen-bond donors (Lipinski definition) is 1. The number of hydrogen-bond acceptors (Lipinski definition) is 3. The van der Waals surface area contributed by atoms with Gasteiger partial charge in [-0.3, -0.25) is 4.79 Å². The molecular weight excluding hydrogens is 190 g/mol. The summed E-state index contributed by atoms with van der Waals surface area (Å²) in [5.41, 5.74) is 0. The molecule has 1 saturated heterocycles. The second-order valence-corrected chi connectivity index (χ2v) is 4.51. The maximum absolute atomic E-state index is 11.5. The van der Waals surface area contributed by atoms with Crippen LogP contribution in [-0.2, 0) is 4.79 Å². The fraction of sp³-hybridized carbons (Fsp3) is 0.909. The van der Waals surface area contributed by atoms with Crippen molar-refractivity contribution < 1.29 is 4.79 Å². The summed E-state index contributed by atoms with van der Waals surface area (Å²) in [5.74, 6) is 0.180. The minimum Gasteiger partial charge on any atom is -0.345 e. The maximum Gasteiger partial charge on any atom is 0.236 e. The zero-order valence-electron chi connectivity index (χ0n) is 10.3. The van der Waals surface area contributed by atoms with Gasteiger partial charge >= 0.3 is 0 Å². The molecule has 2 atom stereocenters. The van der Waals surface area contributed by atoms with Crippen LogP contribution >= 0.6 is 0 Å². The number of carbonyl (C=O) groups is 1. The number of rotatable bonds is 4. The Hall–Kier alpha value is -0.610. The predicted molar refractivity (Wildman–Crippen MR) is 61.8 cm³/mol. The highest BCUT2D eigenvalue weighted by molar-refractivity contribution is 5.77. The van der Waals surface area contributed by atoms with Crippen LogP contribution in [0.2, 0.25) is 0 Å². The molecule has 1 N–H and O–H groups in total. The summed E-state index contributed by atoms with van der Waals surface area (Å²) in [7, 11) is 3.97. The summed E-state index contributed by atoms with van der Waals surface area (Å²) in [6.45, 7) is 6.51. The lowest BCUT2D eigenvalue weighted by Crippen LogP contribution is -2.40. The SMILES string of the molecule is CCN(C)C(=O)CNC1CC(C)N(C)C1. The number of nitrogens with zero attached hydrogens (tertiary/aromatic N) is 2. The van der Waals surface area contributed by atoms with Gasteiger partial charge in [0.05, 0.1) is 6.54 Å². The zero-order chi connectivity index (χ0) is 11.4. The quantitative estimate of drug-likeness (QED) is 0.722. The second-order valence-electron chi connectivity index (χ2n) is 4.51. The van der Waals surface area contributed by atoms with Crippen LogP contribution in [0.3, 0.4) is 0 Å². The van der Waals surface area contributed by atoms with Crippen molar-refractivity contribution in [3.8, 4) is 0 Å². The molecule has 0 aromatic heterocycles. The van der Waals surface area contributed by atoms with Crippen LogP contribution in [0.1, 0.15) is 20.3 Å². The third-order valence-electron chi connectivity index (χ3n) is 3.33. The van der Waals surface area contributed by atoms with E-state index in [0.29, 0.717) is 18.6 Å². The molecule has 4 nitrogen and oxygen atoms in total. The molecule has 0 radical (unpaired) electrons. The fourth-order valence-electron chi connectivity index (χ4n) is 1.88. The van der Waals surface area contributed by atoms with Crippen LogP contribution in [0, 0.1) is 0 Å². The fourth-order valence-corrected chi connectivity index (χ4v) is 1.88. The number of nitrogens with one attached hydrogen (secondary N) is 1. The van der Waals surface area contributed by atoms with E-state index in [2.05, 4.69) is 24.2 Å². The Morgan fingerprint density at radius 1 is 1.60 bits per heavy atom. The van der Waals surface area contributed by atoms with Gasteiger partial charge in [0.1, 0.15) is 0 Å². The summed E-state index contributed by atoms with van der Waals surface area (Å²) < 4.78 is 0. The predicted octanol–water partition coefficient (Wildman–Crippen LogP) is 0.147. The monoisotopic (exact) mass is 213 g/mol. The van der Waals surface area contributed by atoms with Gasteiger partial charge < -0.3 is 15.1 Å². The molecule has 0 saturated carbocycles. The van der Waals surface area contributed by atoms with Crippen LogP contribution in [0.5, 0.6) is 0 Å². The van der Waals surface area contributed by atoms with E-state index in [-0.39, 0.29) is 5.91 Å². The molecule has 0 aromatic carbocycles. The minimum atomic E-state index is 0.180. The van der Waals surface area contributed by atoms with Gasteiger partial charge in [-0.15, -0.1) is 0 Å². The van der Waals surface area contributed by atoms with E-state index >= 15 is 0 Å². The van der Waals surface area contributed by atoms with Gasteiger partial charge in [-0.2, -0.15) is 0 Å². The molecule has 1 aliphatic heterocycles. The average Bonchev–Trinajstić information content (AvgIpc) is 2.54. The molecular formula is C11H23N3O. The van der Waals surface area contributed by atoms with E-state index in [1.807, 2.05) is 14.0 Å². The summed E-state index contributed by atoms with van der Waals surface area (Å²) in [6.07, 6.45) is 1.14. The van der Waals surface area contributed by atoms with Crippen molar-refractivity contribution in [3.05, 3.63) is 0 Å². The summed E-state index contributed by atoms with van der Waals surface area (Å²) >= 11 is 0. The highest BCUT2D eigenvalue weighted by atomic mass is 16.2. The smallest absolute Gasteiger partial charge is 0.236 e. The van der Waals surface area contributed by atoms with Gasteiger partial charge in [-0.05, 0) is 27.3 Å². The van der Waals surface area contributed by atoms with Gasteiger partial charge in [0.15, 0.2) is 0 Å². The molecule has 2 unspecified atom stereocenters. The van der Waals surface area contributed by atoms with E-state index in [1.54, 1.807) is 4.90 Å². The van der Waals surface area contributed by atoms with E-state index in [9.17, 15) is 4.79 Å². The van der Waals surface area contributed by atoms with Gasteiger partial charge in [-0.1, -0.05) is 0 Å². The molecule has 1 fully saturated rings. The van der Waals surface area contributed by atoms with E-state index < -0.39 is 0 Å². The lowest BCUT2D eigenvalue weighted by molar-refractivity contribution is -0.128. The van der Waals surface area contributed by atoms with Crippen molar-refractivity contribution in [3.63, 3.8) is 0 Å². The lowest BCUT2D eigenvalue weighted by atomic mass is 10.2. The Balaban J connectivity index is 2.24. The lowest BCUT2D eigenvalue weighted by Gasteiger charge is -2.17. The molecule has 0 aliphatic carbocycles. The number of carbonyl (C=O) groups excluding carboxylic acids is 1. The third-order valence-corrected chi connectivity index (χ3v) is 3.33. The van der Waals surface area contributed by atoms with E-state index in [4.69, 9.17) is 0 Å².